The van der Waals surface area contributed by atoms with E-state index >= 15 is 0 Å². The molecule has 0 saturated heterocycles. The van der Waals surface area contributed by atoms with Gasteiger partial charge in [0.25, 0.3) is 0 Å². The van der Waals surface area contributed by atoms with E-state index in [0.717, 1.165) is 41.0 Å². The van der Waals surface area contributed by atoms with Gasteiger partial charge in [0.2, 0.25) is 5.95 Å². The van der Waals surface area contributed by atoms with Crippen LogP contribution in [-0.2, 0) is 11.3 Å². The van der Waals surface area contributed by atoms with Crippen LogP contribution in [0.3, 0.4) is 0 Å². The molecule has 3 aromatic rings. The van der Waals surface area contributed by atoms with Gasteiger partial charge in [0.05, 0.1) is 7.11 Å². The lowest BCUT2D eigenvalue weighted by atomic mass is 9.95. The number of carbonyl (C=O) groups is 1. The van der Waals surface area contributed by atoms with Crippen LogP contribution in [0.15, 0.2) is 60.9 Å². The lowest BCUT2D eigenvalue weighted by Crippen LogP contribution is -2.50. The highest BCUT2D eigenvalue weighted by atomic mass is 16.5. The molecular weight excluding hydrogens is 404 g/mol. The average molecular weight is 433 g/mol. The number of carboxylic acid groups (broad SMARTS) is 1. The summed E-state index contributed by atoms with van der Waals surface area (Å²) < 4.78 is 5.19. The Morgan fingerprint density at radius 1 is 1.03 bits per heavy atom. The van der Waals surface area contributed by atoms with E-state index < -0.39 is 11.5 Å². The predicted octanol–water partition coefficient (Wildman–Crippen LogP) is 4.73. The van der Waals surface area contributed by atoms with Crippen LogP contribution in [0.25, 0.3) is 11.1 Å². The van der Waals surface area contributed by atoms with E-state index in [9.17, 15) is 9.90 Å². The monoisotopic (exact) mass is 432 g/mol. The minimum atomic E-state index is -0.740. The van der Waals surface area contributed by atoms with Crippen molar-refractivity contribution in [2.75, 3.05) is 19.5 Å². The van der Waals surface area contributed by atoms with Gasteiger partial charge in [-0.15, -0.1) is 0 Å². The second-order valence-corrected chi connectivity index (χ2v) is 8.25. The maximum atomic E-state index is 11.9. The maximum absolute atomic E-state index is 11.9. The number of benzene rings is 2. The standard InChI is InChI=1S/C25H28N4O3/c1-29(25(23(30)31)13-3-4-14-25)17-18-5-9-21(10-6-18)28-24-26-15-20(16-27-24)19-7-11-22(32-2)12-8-19/h5-12,15-16H,3-4,13-14,17H2,1-2H3,(H,30,31)(H,26,27,28). The predicted molar refractivity (Wildman–Crippen MR) is 124 cm³/mol. The summed E-state index contributed by atoms with van der Waals surface area (Å²) in [6.45, 7) is 0.597. The lowest BCUT2D eigenvalue weighted by Gasteiger charge is -2.34. The fourth-order valence-electron chi connectivity index (χ4n) is 4.29. The third-order valence-corrected chi connectivity index (χ3v) is 6.26. The summed E-state index contributed by atoms with van der Waals surface area (Å²) in [6, 6.07) is 15.7. The summed E-state index contributed by atoms with van der Waals surface area (Å²) in [7, 11) is 3.55. The van der Waals surface area contributed by atoms with Crippen LogP contribution in [0.1, 0.15) is 31.2 Å². The van der Waals surface area contributed by atoms with Crippen LogP contribution in [-0.4, -0.2) is 45.6 Å². The van der Waals surface area contributed by atoms with Crippen molar-refractivity contribution in [1.82, 2.24) is 14.9 Å². The molecule has 166 valence electrons. The molecule has 1 aliphatic carbocycles. The molecule has 0 aliphatic heterocycles. The number of ether oxygens (including phenoxy) is 1. The number of likely N-dealkylation sites (N-methyl/N-ethyl adjacent to an activating group) is 1. The Balaban J connectivity index is 1.38. The summed E-state index contributed by atoms with van der Waals surface area (Å²) in [4.78, 5) is 22.7. The summed E-state index contributed by atoms with van der Waals surface area (Å²) in [6.07, 6.45) is 6.93. The molecule has 0 bridgehead atoms. The van der Waals surface area contributed by atoms with Crippen molar-refractivity contribution in [1.29, 1.82) is 0 Å². The van der Waals surface area contributed by atoms with Crippen LogP contribution in [0.4, 0.5) is 11.6 Å². The third kappa shape index (κ3) is 4.57. The van der Waals surface area contributed by atoms with Crippen LogP contribution < -0.4 is 10.1 Å². The van der Waals surface area contributed by atoms with E-state index in [2.05, 4.69) is 15.3 Å². The number of nitrogens with zero attached hydrogens (tertiary/aromatic N) is 3. The van der Waals surface area contributed by atoms with E-state index in [1.54, 1.807) is 19.5 Å². The zero-order chi connectivity index (χ0) is 22.6. The van der Waals surface area contributed by atoms with Crippen molar-refractivity contribution in [3.63, 3.8) is 0 Å². The maximum Gasteiger partial charge on any atom is 0.324 e. The van der Waals surface area contributed by atoms with Gasteiger partial charge in [0.15, 0.2) is 0 Å². The molecule has 0 unspecified atom stereocenters. The topological polar surface area (TPSA) is 87.6 Å². The first-order valence-electron chi connectivity index (χ1n) is 10.8. The highest BCUT2D eigenvalue weighted by molar-refractivity contribution is 5.79. The number of hydrogen-bond donors (Lipinski definition) is 2. The SMILES string of the molecule is COc1ccc(-c2cnc(Nc3ccc(CN(C)C4(C(=O)O)CCCC4)cc3)nc2)cc1. The Bertz CT molecular complexity index is 1040. The Kier molecular flexibility index (Phi) is 6.37. The van der Waals surface area contributed by atoms with E-state index in [4.69, 9.17) is 4.74 Å². The number of hydrogen-bond acceptors (Lipinski definition) is 6. The Morgan fingerprint density at radius 3 is 2.22 bits per heavy atom. The Labute approximate surface area is 188 Å². The largest absolute Gasteiger partial charge is 0.497 e. The quantitative estimate of drug-likeness (QED) is 0.532. The first kappa shape index (κ1) is 21.8. The molecule has 32 heavy (non-hydrogen) atoms. The molecule has 0 atom stereocenters. The molecule has 1 aromatic heterocycles. The van der Waals surface area contributed by atoms with Gasteiger partial charge in [-0.1, -0.05) is 37.1 Å². The van der Waals surface area contributed by atoms with E-state index in [1.165, 1.54) is 0 Å². The fraction of sp³-hybridized carbons (Fsp3) is 0.320. The number of rotatable bonds is 8. The van der Waals surface area contributed by atoms with Gasteiger partial charge in [0, 0.05) is 30.2 Å². The number of nitrogens with one attached hydrogen (secondary N) is 1. The number of aliphatic carboxylic acids is 1. The van der Waals surface area contributed by atoms with Gasteiger partial charge in [-0.25, -0.2) is 9.97 Å². The molecule has 0 spiro atoms. The molecule has 2 aromatic carbocycles. The molecule has 0 amide bonds. The van der Waals surface area contributed by atoms with E-state index in [0.29, 0.717) is 25.3 Å². The second kappa shape index (κ2) is 9.36. The molecule has 1 aliphatic rings. The van der Waals surface area contributed by atoms with Gasteiger partial charge in [-0.05, 0) is 55.3 Å². The minimum absolute atomic E-state index is 0.517. The van der Waals surface area contributed by atoms with Gasteiger partial charge >= 0.3 is 5.97 Å². The van der Waals surface area contributed by atoms with Crippen molar-refractivity contribution in [2.45, 2.75) is 37.8 Å². The first-order valence-corrected chi connectivity index (χ1v) is 10.8. The van der Waals surface area contributed by atoms with Crippen molar-refractivity contribution >= 4 is 17.6 Å². The van der Waals surface area contributed by atoms with Gasteiger partial charge in [-0.3, -0.25) is 9.69 Å². The fourth-order valence-corrected chi connectivity index (χ4v) is 4.29. The first-order chi connectivity index (χ1) is 15.5. The minimum Gasteiger partial charge on any atom is -0.497 e. The van der Waals surface area contributed by atoms with E-state index in [1.807, 2.05) is 60.5 Å². The average Bonchev–Trinajstić information content (AvgIpc) is 3.33. The van der Waals surface area contributed by atoms with Crippen molar-refractivity contribution in [2.24, 2.45) is 0 Å². The highest BCUT2D eigenvalue weighted by Crippen LogP contribution is 2.35. The third-order valence-electron chi connectivity index (χ3n) is 6.26. The number of aromatic nitrogens is 2. The molecule has 7 nitrogen and oxygen atoms in total. The van der Waals surface area contributed by atoms with E-state index in [-0.39, 0.29) is 0 Å². The molecule has 1 heterocycles. The van der Waals surface area contributed by atoms with Crippen LogP contribution in [0.5, 0.6) is 5.75 Å². The van der Waals surface area contributed by atoms with Crippen molar-refractivity contribution in [3.05, 3.63) is 66.5 Å². The van der Waals surface area contributed by atoms with Crippen LogP contribution >= 0.6 is 0 Å². The van der Waals surface area contributed by atoms with Crippen molar-refractivity contribution < 1.29 is 14.6 Å². The summed E-state index contributed by atoms with van der Waals surface area (Å²) in [5.74, 6) is 0.609. The number of carboxylic acids is 1. The molecule has 2 N–H and O–H groups in total. The van der Waals surface area contributed by atoms with Gasteiger partial charge in [-0.2, -0.15) is 0 Å². The number of anilines is 2. The van der Waals surface area contributed by atoms with Crippen molar-refractivity contribution in [3.8, 4) is 16.9 Å². The molecule has 1 fully saturated rings. The van der Waals surface area contributed by atoms with Gasteiger partial charge < -0.3 is 15.2 Å². The Hall–Kier alpha value is -3.45. The molecule has 1 saturated carbocycles. The summed E-state index contributed by atoms with van der Waals surface area (Å²) in [5, 5.41) is 13.0. The Morgan fingerprint density at radius 2 is 1.66 bits per heavy atom. The molecule has 7 heteroatoms. The molecular formula is C25H28N4O3. The number of methoxy groups -OCH3 is 1. The summed E-state index contributed by atoms with van der Waals surface area (Å²) in [5.41, 5.74) is 3.16. The zero-order valence-electron chi connectivity index (χ0n) is 18.4. The molecule has 0 radical (unpaired) electrons. The molecule has 4 rings (SSSR count). The normalized spacial score (nSPS) is 15.0. The summed E-state index contributed by atoms with van der Waals surface area (Å²) >= 11 is 0. The highest BCUT2D eigenvalue weighted by Gasteiger charge is 2.44. The van der Waals surface area contributed by atoms with Crippen LogP contribution in [0.2, 0.25) is 0 Å². The zero-order valence-corrected chi connectivity index (χ0v) is 18.4. The van der Waals surface area contributed by atoms with Gasteiger partial charge in [0.1, 0.15) is 11.3 Å². The smallest absolute Gasteiger partial charge is 0.324 e. The second-order valence-electron chi connectivity index (χ2n) is 8.25. The van der Waals surface area contributed by atoms with Crippen LogP contribution in [0, 0.1) is 0 Å². The lowest BCUT2D eigenvalue weighted by molar-refractivity contribution is -0.150.